The highest BCUT2D eigenvalue weighted by molar-refractivity contribution is 6.28. The number of alkyl halides is 1. The summed E-state index contributed by atoms with van der Waals surface area (Å²) in [5, 5.41) is 0. The van der Waals surface area contributed by atoms with Crippen LogP contribution in [0, 0.1) is 6.92 Å². The van der Waals surface area contributed by atoms with Crippen molar-refractivity contribution in [1.82, 2.24) is 4.90 Å². The zero-order chi connectivity index (χ0) is 18.7. The summed E-state index contributed by atoms with van der Waals surface area (Å²) >= 11 is 5.75. The summed E-state index contributed by atoms with van der Waals surface area (Å²) < 4.78 is 0. The van der Waals surface area contributed by atoms with Crippen molar-refractivity contribution in [2.45, 2.75) is 25.9 Å². The van der Waals surface area contributed by atoms with Crippen LogP contribution < -0.4 is 4.90 Å². The number of carbonyl (C=O) groups excluding carboxylic acids is 3. The third kappa shape index (κ3) is 3.63. The van der Waals surface area contributed by atoms with Crippen molar-refractivity contribution < 1.29 is 14.4 Å². The van der Waals surface area contributed by atoms with Gasteiger partial charge >= 0.3 is 0 Å². The third-order valence-electron chi connectivity index (χ3n) is 4.42. The van der Waals surface area contributed by atoms with Gasteiger partial charge in [0.1, 0.15) is 11.9 Å². The van der Waals surface area contributed by atoms with Crippen LogP contribution >= 0.6 is 11.6 Å². The first-order valence-electron chi connectivity index (χ1n) is 8.34. The van der Waals surface area contributed by atoms with E-state index in [1.54, 1.807) is 12.1 Å². The smallest absolute Gasteiger partial charge is 0.257 e. The van der Waals surface area contributed by atoms with E-state index in [2.05, 4.69) is 0 Å². The Labute approximate surface area is 157 Å². The molecule has 26 heavy (non-hydrogen) atoms. The molecule has 2 aromatic rings. The zero-order valence-corrected chi connectivity index (χ0v) is 15.1. The van der Waals surface area contributed by atoms with Crippen molar-refractivity contribution in [2.75, 3.05) is 10.8 Å². The van der Waals surface area contributed by atoms with Gasteiger partial charge in [-0.25, -0.2) is 4.90 Å². The summed E-state index contributed by atoms with van der Waals surface area (Å²) in [7, 11) is 0. The summed E-state index contributed by atoms with van der Waals surface area (Å²) in [5.41, 5.74) is 2.43. The minimum absolute atomic E-state index is 0.0395. The Balaban J connectivity index is 1.87. The molecule has 1 atom stereocenters. The maximum absolute atomic E-state index is 12.9. The van der Waals surface area contributed by atoms with Crippen LogP contribution in [0.5, 0.6) is 0 Å². The van der Waals surface area contributed by atoms with Crippen LogP contribution in [-0.2, 0) is 20.9 Å². The summed E-state index contributed by atoms with van der Waals surface area (Å²) in [5.74, 6) is -1.32. The lowest BCUT2D eigenvalue weighted by Crippen LogP contribution is -2.45. The van der Waals surface area contributed by atoms with Gasteiger partial charge in [-0.05, 0) is 24.6 Å². The molecule has 1 unspecified atom stereocenters. The van der Waals surface area contributed by atoms with Crippen LogP contribution in [0.2, 0.25) is 0 Å². The standard InChI is InChI=1S/C20H19ClN2O3/c1-14-7-9-16(10-8-14)23-18(24)11-17(20(23)26)22(19(25)12-21)13-15-5-3-2-4-6-15/h2-10,17H,11-13H2,1H3. The molecule has 6 heteroatoms. The molecule has 1 fully saturated rings. The number of nitrogens with zero attached hydrogens (tertiary/aromatic N) is 2. The first kappa shape index (κ1) is 18.1. The Morgan fingerprint density at radius 3 is 2.38 bits per heavy atom. The van der Waals surface area contributed by atoms with Crippen LogP contribution in [0.3, 0.4) is 0 Å². The monoisotopic (exact) mass is 370 g/mol. The lowest BCUT2D eigenvalue weighted by Gasteiger charge is -2.27. The Morgan fingerprint density at radius 1 is 1.12 bits per heavy atom. The van der Waals surface area contributed by atoms with Crippen LogP contribution in [0.4, 0.5) is 5.69 Å². The fraction of sp³-hybridized carbons (Fsp3) is 0.250. The highest BCUT2D eigenvalue weighted by Gasteiger charge is 2.44. The van der Waals surface area contributed by atoms with Gasteiger partial charge in [0, 0.05) is 6.54 Å². The second kappa shape index (κ2) is 7.70. The Hall–Kier alpha value is -2.66. The van der Waals surface area contributed by atoms with Crippen molar-refractivity contribution in [3.05, 3.63) is 65.7 Å². The largest absolute Gasteiger partial charge is 0.325 e. The summed E-state index contributed by atoms with van der Waals surface area (Å²) in [4.78, 5) is 40.3. The Bertz CT molecular complexity index is 821. The van der Waals surface area contributed by atoms with E-state index in [4.69, 9.17) is 11.6 Å². The van der Waals surface area contributed by atoms with Crippen molar-refractivity contribution in [3.63, 3.8) is 0 Å². The number of imide groups is 1. The molecule has 0 saturated carbocycles. The van der Waals surface area contributed by atoms with Crippen molar-refractivity contribution in [3.8, 4) is 0 Å². The zero-order valence-electron chi connectivity index (χ0n) is 14.4. The molecule has 1 saturated heterocycles. The number of amides is 3. The summed E-state index contributed by atoms with van der Waals surface area (Å²) in [6.45, 7) is 2.17. The topological polar surface area (TPSA) is 57.7 Å². The van der Waals surface area contributed by atoms with Gasteiger partial charge in [-0.15, -0.1) is 11.6 Å². The number of hydrogen-bond donors (Lipinski definition) is 0. The molecule has 2 aromatic carbocycles. The number of benzene rings is 2. The molecule has 1 aliphatic rings. The molecule has 0 aliphatic carbocycles. The first-order valence-corrected chi connectivity index (χ1v) is 8.87. The summed E-state index contributed by atoms with van der Waals surface area (Å²) in [6, 6.07) is 15.6. The first-order chi connectivity index (χ1) is 12.5. The van der Waals surface area contributed by atoms with Crippen LogP contribution in [0.1, 0.15) is 17.5 Å². The second-order valence-corrected chi connectivity index (χ2v) is 6.53. The van der Waals surface area contributed by atoms with E-state index in [1.807, 2.05) is 49.4 Å². The van der Waals surface area contributed by atoms with Crippen LogP contribution in [0.15, 0.2) is 54.6 Å². The molecular formula is C20H19ClN2O3. The highest BCUT2D eigenvalue weighted by Crippen LogP contribution is 2.27. The SMILES string of the molecule is Cc1ccc(N2C(=O)CC(N(Cc3ccccc3)C(=O)CCl)C2=O)cc1. The number of halogens is 1. The van der Waals surface area contributed by atoms with E-state index in [0.717, 1.165) is 16.0 Å². The van der Waals surface area contributed by atoms with E-state index in [9.17, 15) is 14.4 Å². The maximum atomic E-state index is 12.9. The number of anilines is 1. The minimum atomic E-state index is -0.838. The average molecular weight is 371 g/mol. The van der Waals surface area contributed by atoms with E-state index >= 15 is 0 Å². The predicted octanol–water partition coefficient (Wildman–Crippen LogP) is 2.89. The molecule has 0 spiro atoms. The fourth-order valence-corrected chi connectivity index (χ4v) is 3.21. The number of carbonyl (C=O) groups is 3. The van der Waals surface area contributed by atoms with Crippen molar-refractivity contribution in [2.24, 2.45) is 0 Å². The van der Waals surface area contributed by atoms with Gasteiger partial charge in [-0.3, -0.25) is 14.4 Å². The molecule has 134 valence electrons. The third-order valence-corrected chi connectivity index (χ3v) is 4.65. The minimum Gasteiger partial charge on any atom is -0.325 e. The van der Waals surface area contributed by atoms with Gasteiger partial charge in [0.25, 0.3) is 5.91 Å². The van der Waals surface area contributed by atoms with E-state index in [0.29, 0.717) is 5.69 Å². The van der Waals surface area contributed by atoms with Gasteiger partial charge in [0.05, 0.1) is 12.1 Å². The average Bonchev–Trinajstić information content (AvgIpc) is 2.95. The Morgan fingerprint density at radius 2 is 1.77 bits per heavy atom. The number of hydrogen-bond acceptors (Lipinski definition) is 3. The van der Waals surface area contributed by atoms with Crippen LogP contribution in [-0.4, -0.2) is 34.5 Å². The quantitative estimate of drug-likeness (QED) is 0.600. The molecule has 0 N–H and O–H groups in total. The second-order valence-electron chi connectivity index (χ2n) is 6.26. The van der Waals surface area contributed by atoms with Gasteiger partial charge in [-0.1, -0.05) is 48.0 Å². The van der Waals surface area contributed by atoms with Gasteiger partial charge in [0.15, 0.2) is 0 Å². The summed E-state index contributed by atoms with van der Waals surface area (Å²) in [6.07, 6.45) is -0.0395. The van der Waals surface area contributed by atoms with Gasteiger partial charge < -0.3 is 4.90 Å². The van der Waals surface area contributed by atoms with Crippen molar-refractivity contribution >= 4 is 35.0 Å². The number of rotatable bonds is 5. The molecule has 1 aliphatic heterocycles. The molecular weight excluding hydrogens is 352 g/mol. The molecule has 0 radical (unpaired) electrons. The van der Waals surface area contributed by atoms with Gasteiger partial charge in [-0.2, -0.15) is 0 Å². The van der Waals surface area contributed by atoms with E-state index in [-0.39, 0.29) is 30.7 Å². The lowest BCUT2D eigenvalue weighted by atomic mass is 10.1. The molecule has 3 amide bonds. The number of aryl methyl sites for hydroxylation is 1. The molecule has 5 nitrogen and oxygen atoms in total. The molecule has 0 bridgehead atoms. The molecule has 0 aromatic heterocycles. The van der Waals surface area contributed by atoms with E-state index < -0.39 is 11.9 Å². The molecule has 1 heterocycles. The van der Waals surface area contributed by atoms with E-state index in [1.165, 1.54) is 4.90 Å². The van der Waals surface area contributed by atoms with Gasteiger partial charge in [0.2, 0.25) is 11.8 Å². The molecule has 3 rings (SSSR count). The fourth-order valence-electron chi connectivity index (χ4n) is 3.05. The lowest BCUT2D eigenvalue weighted by molar-refractivity contribution is -0.136. The predicted molar refractivity (Wildman–Crippen MR) is 99.8 cm³/mol. The normalized spacial score (nSPS) is 16.8. The highest BCUT2D eigenvalue weighted by atomic mass is 35.5. The van der Waals surface area contributed by atoms with Crippen LogP contribution in [0.25, 0.3) is 0 Å². The maximum Gasteiger partial charge on any atom is 0.257 e. The Kier molecular flexibility index (Phi) is 5.38. The van der Waals surface area contributed by atoms with Crippen molar-refractivity contribution in [1.29, 1.82) is 0 Å².